The topological polar surface area (TPSA) is 54.0 Å². The molecular weight excluding hydrogens is 306 g/mol. The predicted octanol–water partition coefficient (Wildman–Crippen LogP) is 1.77. The molecule has 1 N–H and O–H groups in total. The lowest BCUT2D eigenvalue weighted by atomic mass is 10.2. The highest BCUT2D eigenvalue weighted by Crippen LogP contribution is 2.13. The Morgan fingerprint density at radius 2 is 1.71 bits per heavy atom. The molecule has 1 aliphatic heterocycles. The molecule has 0 saturated carbocycles. The summed E-state index contributed by atoms with van der Waals surface area (Å²) in [5, 5.41) is 2.80. The highest BCUT2D eigenvalue weighted by Gasteiger charge is 2.18. The smallest absolute Gasteiger partial charge is 0.221 e. The number of methoxy groups -OCH3 is 2. The summed E-state index contributed by atoms with van der Waals surface area (Å²) in [4.78, 5) is 15.9. The SMILES string of the molecule is COC(CN1CCCN(Cc2ccc(NC(C)=O)cc2)CC1)OC. The van der Waals surface area contributed by atoms with Gasteiger partial charge in [0.25, 0.3) is 0 Å². The summed E-state index contributed by atoms with van der Waals surface area (Å²) >= 11 is 0. The molecular formula is C18H29N3O3. The van der Waals surface area contributed by atoms with E-state index >= 15 is 0 Å². The van der Waals surface area contributed by atoms with Gasteiger partial charge in [0.2, 0.25) is 5.91 Å². The normalized spacial score (nSPS) is 17.0. The van der Waals surface area contributed by atoms with E-state index in [0.717, 1.165) is 51.4 Å². The average Bonchev–Trinajstić information content (AvgIpc) is 2.79. The second kappa shape index (κ2) is 9.74. The molecule has 1 aromatic carbocycles. The van der Waals surface area contributed by atoms with Crippen molar-refractivity contribution < 1.29 is 14.3 Å². The van der Waals surface area contributed by atoms with Crippen molar-refractivity contribution in [2.75, 3.05) is 52.3 Å². The van der Waals surface area contributed by atoms with Gasteiger partial charge in [-0.1, -0.05) is 12.1 Å². The maximum atomic E-state index is 11.1. The number of amides is 1. The van der Waals surface area contributed by atoms with Gasteiger partial charge >= 0.3 is 0 Å². The first-order valence-electron chi connectivity index (χ1n) is 8.47. The van der Waals surface area contributed by atoms with Gasteiger partial charge in [0.15, 0.2) is 6.29 Å². The summed E-state index contributed by atoms with van der Waals surface area (Å²) in [6, 6.07) is 8.09. The van der Waals surface area contributed by atoms with Crippen molar-refractivity contribution in [3.05, 3.63) is 29.8 Å². The first kappa shape index (κ1) is 18.9. The molecule has 1 heterocycles. The Bertz CT molecular complexity index is 503. The minimum atomic E-state index is -0.155. The lowest BCUT2D eigenvalue weighted by molar-refractivity contribution is -0.115. The van der Waals surface area contributed by atoms with Crippen molar-refractivity contribution in [1.82, 2.24) is 9.80 Å². The molecule has 0 unspecified atom stereocenters. The van der Waals surface area contributed by atoms with Crippen molar-refractivity contribution in [2.45, 2.75) is 26.2 Å². The van der Waals surface area contributed by atoms with E-state index in [1.807, 2.05) is 12.1 Å². The summed E-state index contributed by atoms with van der Waals surface area (Å²) < 4.78 is 10.6. The van der Waals surface area contributed by atoms with Crippen molar-refractivity contribution in [3.63, 3.8) is 0 Å². The Balaban J connectivity index is 1.82. The van der Waals surface area contributed by atoms with Crippen LogP contribution in [0.1, 0.15) is 18.9 Å². The number of carbonyl (C=O) groups is 1. The Labute approximate surface area is 144 Å². The van der Waals surface area contributed by atoms with E-state index in [0.29, 0.717) is 0 Å². The number of hydrogen-bond donors (Lipinski definition) is 1. The van der Waals surface area contributed by atoms with Crippen LogP contribution < -0.4 is 5.32 Å². The third-order valence-electron chi connectivity index (χ3n) is 4.29. The second-order valence-corrected chi connectivity index (χ2v) is 6.21. The van der Waals surface area contributed by atoms with Crippen LogP contribution in [0, 0.1) is 0 Å². The molecule has 0 aliphatic carbocycles. The average molecular weight is 335 g/mol. The van der Waals surface area contributed by atoms with Gasteiger partial charge in [-0.2, -0.15) is 0 Å². The fourth-order valence-corrected chi connectivity index (χ4v) is 2.98. The molecule has 0 spiro atoms. The van der Waals surface area contributed by atoms with Gasteiger partial charge in [-0.15, -0.1) is 0 Å². The molecule has 2 rings (SSSR count). The third kappa shape index (κ3) is 6.20. The minimum Gasteiger partial charge on any atom is -0.355 e. The molecule has 0 aromatic heterocycles. The summed E-state index contributed by atoms with van der Waals surface area (Å²) in [6.07, 6.45) is 0.988. The lowest BCUT2D eigenvalue weighted by Gasteiger charge is -2.25. The van der Waals surface area contributed by atoms with E-state index in [-0.39, 0.29) is 12.2 Å². The summed E-state index contributed by atoms with van der Waals surface area (Å²) in [7, 11) is 3.37. The van der Waals surface area contributed by atoms with E-state index in [9.17, 15) is 4.79 Å². The van der Waals surface area contributed by atoms with Crippen molar-refractivity contribution in [2.24, 2.45) is 0 Å². The summed E-state index contributed by atoms with van der Waals surface area (Å²) in [5.74, 6) is -0.0409. The molecule has 6 nitrogen and oxygen atoms in total. The summed E-state index contributed by atoms with van der Waals surface area (Å²) in [5.41, 5.74) is 2.11. The van der Waals surface area contributed by atoms with Gasteiger partial charge in [-0.05, 0) is 37.2 Å². The molecule has 1 aliphatic rings. The van der Waals surface area contributed by atoms with Crippen molar-refractivity contribution in [1.29, 1.82) is 0 Å². The highest BCUT2D eigenvalue weighted by molar-refractivity contribution is 5.88. The number of rotatable bonds is 7. The number of nitrogens with zero attached hydrogens (tertiary/aromatic N) is 2. The molecule has 0 bridgehead atoms. The third-order valence-corrected chi connectivity index (χ3v) is 4.29. The molecule has 24 heavy (non-hydrogen) atoms. The zero-order valence-electron chi connectivity index (χ0n) is 15.0. The van der Waals surface area contributed by atoms with E-state index in [1.165, 1.54) is 12.5 Å². The van der Waals surface area contributed by atoms with E-state index in [1.54, 1.807) is 14.2 Å². The van der Waals surface area contributed by atoms with Crippen LogP contribution in [0.25, 0.3) is 0 Å². The van der Waals surface area contributed by atoms with Crippen LogP contribution in [0.2, 0.25) is 0 Å². The second-order valence-electron chi connectivity index (χ2n) is 6.21. The number of ether oxygens (including phenoxy) is 2. The largest absolute Gasteiger partial charge is 0.355 e. The van der Waals surface area contributed by atoms with Crippen LogP contribution in [0.15, 0.2) is 24.3 Å². The molecule has 0 atom stereocenters. The number of hydrogen-bond acceptors (Lipinski definition) is 5. The number of benzene rings is 1. The maximum Gasteiger partial charge on any atom is 0.221 e. The number of anilines is 1. The zero-order valence-corrected chi connectivity index (χ0v) is 15.0. The minimum absolute atomic E-state index is 0.0409. The van der Waals surface area contributed by atoms with E-state index in [4.69, 9.17) is 9.47 Å². The fraction of sp³-hybridized carbons (Fsp3) is 0.611. The molecule has 134 valence electrons. The van der Waals surface area contributed by atoms with Crippen LogP contribution >= 0.6 is 0 Å². The Kier molecular flexibility index (Phi) is 7.65. The van der Waals surface area contributed by atoms with Crippen molar-refractivity contribution in [3.8, 4) is 0 Å². The molecule has 6 heteroatoms. The Hall–Kier alpha value is -1.47. The lowest BCUT2D eigenvalue weighted by Crippen LogP contribution is -2.37. The van der Waals surface area contributed by atoms with Crippen LogP contribution in [0.3, 0.4) is 0 Å². The van der Waals surface area contributed by atoms with Gasteiger partial charge in [-0.3, -0.25) is 14.6 Å². The predicted molar refractivity (Wildman–Crippen MR) is 94.9 cm³/mol. The van der Waals surface area contributed by atoms with Crippen LogP contribution in [0.5, 0.6) is 0 Å². The quantitative estimate of drug-likeness (QED) is 0.770. The molecule has 1 aromatic rings. The molecule has 0 radical (unpaired) electrons. The standard InChI is InChI=1S/C18H29N3O3/c1-15(22)19-17-7-5-16(6-8-17)13-20-9-4-10-21(12-11-20)14-18(23-2)24-3/h5-8,18H,4,9-14H2,1-3H3,(H,19,22). The van der Waals surface area contributed by atoms with Gasteiger partial charge in [0.1, 0.15) is 0 Å². The number of carbonyl (C=O) groups excluding carboxylic acids is 1. The van der Waals surface area contributed by atoms with Crippen molar-refractivity contribution >= 4 is 11.6 Å². The number of nitrogens with one attached hydrogen (secondary N) is 1. The first-order chi connectivity index (χ1) is 11.6. The van der Waals surface area contributed by atoms with Gasteiger partial charge in [0.05, 0.1) is 0 Å². The van der Waals surface area contributed by atoms with Gasteiger partial charge in [0, 0.05) is 53.0 Å². The molecule has 1 saturated heterocycles. The van der Waals surface area contributed by atoms with Gasteiger partial charge < -0.3 is 14.8 Å². The first-order valence-corrected chi connectivity index (χ1v) is 8.47. The maximum absolute atomic E-state index is 11.1. The van der Waals surface area contributed by atoms with E-state index < -0.39 is 0 Å². The van der Waals surface area contributed by atoms with Crippen LogP contribution in [-0.4, -0.2) is 68.9 Å². The Morgan fingerprint density at radius 1 is 1.08 bits per heavy atom. The molecule has 1 amide bonds. The fourth-order valence-electron chi connectivity index (χ4n) is 2.98. The van der Waals surface area contributed by atoms with Crippen LogP contribution in [-0.2, 0) is 20.8 Å². The zero-order chi connectivity index (χ0) is 17.4. The Morgan fingerprint density at radius 3 is 2.33 bits per heavy atom. The van der Waals surface area contributed by atoms with Gasteiger partial charge in [-0.25, -0.2) is 0 Å². The monoisotopic (exact) mass is 335 g/mol. The van der Waals surface area contributed by atoms with E-state index in [2.05, 4.69) is 27.2 Å². The summed E-state index contributed by atoms with van der Waals surface area (Å²) in [6.45, 7) is 7.49. The molecule has 1 fully saturated rings. The highest BCUT2D eigenvalue weighted by atomic mass is 16.7. The van der Waals surface area contributed by atoms with Crippen LogP contribution in [0.4, 0.5) is 5.69 Å².